The summed E-state index contributed by atoms with van der Waals surface area (Å²) in [5, 5.41) is 0.544. The third kappa shape index (κ3) is 3.58. The first-order valence-electron chi connectivity index (χ1n) is 6.78. The van der Waals surface area contributed by atoms with Gasteiger partial charge in [0.2, 0.25) is 0 Å². The van der Waals surface area contributed by atoms with E-state index in [-0.39, 0.29) is 6.04 Å². The van der Waals surface area contributed by atoms with Crippen LogP contribution >= 0.6 is 11.6 Å². The van der Waals surface area contributed by atoms with Gasteiger partial charge in [-0.25, -0.2) is 4.98 Å². The third-order valence-electron chi connectivity index (χ3n) is 3.56. The van der Waals surface area contributed by atoms with Crippen molar-refractivity contribution < 1.29 is 4.74 Å². The second-order valence-electron chi connectivity index (χ2n) is 5.04. The van der Waals surface area contributed by atoms with Gasteiger partial charge in [-0.2, -0.15) is 0 Å². The number of halogens is 1. The summed E-state index contributed by atoms with van der Waals surface area (Å²) in [5.74, 6) is 1.64. The van der Waals surface area contributed by atoms with E-state index in [0.29, 0.717) is 10.7 Å². The Kier molecular flexibility index (Phi) is 4.91. The molecule has 2 rings (SSSR count). The number of nitrogen functional groups attached to an aromatic ring is 1. The van der Waals surface area contributed by atoms with E-state index < -0.39 is 0 Å². The molecule has 0 saturated heterocycles. The maximum Gasteiger partial charge on any atom is 0.151 e. The number of hydrogen-bond donors (Lipinski definition) is 1. The number of rotatable bonds is 5. The predicted octanol–water partition coefficient (Wildman–Crippen LogP) is 3.39. The molecule has 0 aliphatic rings. The van der Waals surface area contributed by atoms with Gasteiger partial charge in [-0.05, 0) is 31.0 Å². The number of nitrogens with two attached hydrogens (primary N) is 1. The van der Waals surface area contributed by atoms with Gasteiger partial charge in [0, 0.05) is 19.3 Å². The molecule has 4 nitrogen and oxygen atoms in total. The highest BCUT2D eigenvalue weighted by molar-refractivity contribution is 6.30. The Morgan fingerprint density at radius 3 is 2.76 bits per heavy atom. The van der Waals surface area contributed by atoms with Crippen molar-refractivity contribution in [3.63, 3.8) is 0 Å². The number of likely N-dealkylation sites (N-methyl/N-ethyl adjacent to an activating group) is 1. The summed E-state index contributed by atoms with van der Waals surface area (Å²) in [6, 6.07) is 9.96. The minimum absolute atomic E-state index is 0.220. The largest absolute Gasteiger partial charge is 0.496 e. The van der Waals surface area contributed by atoms with Crippen LogP contribution in [0.1, 0.15) is 12.5 Å². The van der Waals surface area contributed by atoms with Crippen LogP contribution in [-0.2, 0) is 6.42 Å². The normalized spacial score (nSPS) is 12.0. The van der Waals surface area contributed by atoms with E-state index in [1.54, 1.807) is 19.4 Å². The molecular weight excluding hydrogens is 286 g/mol. The van der Waals surface area contributed by atoms with Crippen molar-refractivity contribution in [1.82, 2.24) is 4.98 Å². The molecule has 5 heteroatoms. The van der Waals surface area contributed by atoms with E-state index in [4.69, 9.17) is 22.1 Å². The molecule has 0 saturated carbocycles. The van der Waals surface area contributed by atoms with Gasteiger partial charge in [-0.3, -0.25) is 0 Å². The number of benzene rings is 1. The molecule has 1 unspecified atom stereocenters. The van der Waals surface area contributed by atoms with Crippen molar-refractivity contribution in [2.24, 2.45) is 0 Å². The summed E-state index contributed by atoms with van der Waals surface area (Å²) in [7, 11) is 3.67. The van der Waals surface area contributed by atoms with Crippen LogP contribution in [0, 0.1) is 0 Å². The van der Waals surface area contributed by atoms with Gasteiger partial charge in [-0.15, -0.1) is 0 Å². The molecule has 0 radical (unpaired) electrons. The van der Waals surface area contributed by atoms with Gasteiger partial charge < -0.3 is 15.4 Å². The zero-order chi connectivity index (χ0) is 15.4. The average Bonchev–Trinajstić information content (AvgIpc) is 2.47. The van der Waals surface area contributed by atoms with Crippen LogP contribution in [0.15, 0.2) is 36.5 Å². The number of ether oxygens (including phenoxy) is 1. The Hall–Kier alpha value is -1.94. The smallest absolute Gasteiger partial charge is 0.151 e. The zero-order valence-corrected chi connectivity index (χ0v) is 13.3. The SMILES string of the molecule is COc1ccccc1CC(C)N(C)c1ncc(Cl)cc1N. The van der Waals surface area contributed by atoms with Crippen LogP contribution in [0.4, 0.5) is 11.5 Å². The van der Waals surface area contributed by atoms with Gasteiger partial charge in [-0.1, -0.05) is 29.8 Å². The zero-order valence-electron chi connectivity index (χ0n) is 12.5. The lowest BCUT2D eigenvalue weighted by atomic mass is 10.0. The van der Waals surface area contributed by atoms with Crippen molar-refractivity contribution in [2.75, 3.05) is 24.8 Å². The maximum atomic E-state index is 6.00. The Labute approximate surface area is 130 Å². The third-order valence-corrected chi connectivity index (χ3v) is 3.77. The molecule has 0 spiro atoms. The van der Waals surface area contributed by atoms with E-state index in [2.05, 4.69) is 22.9 Å². The second-order valence-corrected chi connectivity index (χ2v) is 5.48. The van der Waals surface area contributed by atoms with Gasteiger partial charge in [0.15, 0.2) is 5.82 Å². The highest BCUT2D eigenvalue weighted by Crippen LogP contribution is 2.26. The van der Waals surface area contributed by atoms with Crippen molar-refractivity contribution in [1.29, 1.82) is 0 Å². The fourth-order valence-electron chi connectivity index (χ4n) is 2.28. The van der Waals surface area contributed by atoms with E-state index in [0.717, 1.165) is 23.6 Å². The van der Waals surface area contributed by atoms with Gasteiger partial charge >= 0.3 is 0 Å². The Bertz CT molecular complexity index is 618. The molecule has 2 aromatic rings. The lowest BCUT2D eigenvalue weighted by Crippen LogP contribution is -2.32. The van der Waals surface area contributed by atoms with E-state index in [9.17, 15) is 0 Å². The number of hydrogen-bond acceptors (Lipinski definition) is 4. The average molecular weight is 306 g/mol. The van der Waals surface area contributed by atoms with Gasteiger partial charge in [0.1, 0.15) is 5.75 Å². The van der Waals surface area contributed by atoms with Gasteiger partial charge in [0.05, 0.1) is 17.8 Å². The van der Waals surface area contributed by atoms with Gasteiger partial charge in [0.25, 0.3) is 0 Å². The highest BCUT2D eigenvalue weighted by Gasteiger charge is 2.16. The summed E-state index contributed by atoms with van der Waals surface area (Å²) in [6.07, 6.45) is 2.45. The summed E-state index contributed by atoms with van der Waals surface area (Å²) in [5.41, 5.74) is 7.74. The Morgan fingerprint density at radius 1 is 1.38 bits per heavy atom. The minimum atomic E-state index is 0.220. The van der Waals surface area contributed by atoms with E-state index in [1.807, 2.05) is 25.2 Å². The number of methoxy groups -OCH3 is 1. The second kappa shape index (κ2) is 6.68. The first kappa shape index (κ1) is 15.4. The first-order valence-corrected chi connectivity index (χ1v) is 7.16. The summed E-state index contributed by atoms with van der Waals surface area (Å²) in [4.78, 5) is 6.37. The quantitative estimate of drug-likeness (QED) is 0.920. The van der Waals surface area contributed by atoms with Crippen LogP contribution in [0.3, 0.4) is 0 Å². The van der Waals surface area contributed by atoms with Crippen LogP contribution in [0.5, 0.6) is 5.75 Å². The first-order chi connectivity index (χ1) is 10.0. The number of nitrogens with zero attached hydrogens (tertiary/aromatic N) is 2. The monoisotopic (exact) mass is 305 g/mol. The standard InChI is InChI=1S/C16H20ClN3O/c1-11(8-12-6-4-5-7-15(12)21-3)20(2)16-14(18)9-13(17)10-19-16/h4-7,9-11H,8,18H2,1-3H3. The van der Waals surface area contributed by atoms with Crippen molar-refractivity contribution in [2.45, 2.75) is 19.4 Å². The van der Waals surface area contributed by atoms with Crippen LogP contribution in [0.2, 0.25) is 5.02 Å². The fourth-order valence-corrected chi connectivity index (χ4v) is 2.44. The van der Waals surface area contributed by atoms with Crippen molar-refractivity contribution in [3.05, 3.63) is 47.1 Å². The number of anilines is 2. The number of para-hydroxylation sites is 1. The fraction of sp³-hybridized carbons (Fsp3) is 0.312. The molecule has 0 aliphatic heterocycles. The van der Waals surface area contributed by atoms with Crippen LogP contribution in [0.25, 0.3) is 0 Å². The van der Waals surface area contributed by atoms with Crippen molar-refractivity contribution in [3.8, 4) is 5.75 Å². The molecule has 1 aromatic carbocycles. The molecule has 1 atom stereocenters. The van der Waals surface area contributed by atoms with Crippen LogP contribution < -0.4 is 15.4 Å². The highest BCUT2D eigenvalue weighted by atomic mass is 35.5. The lowest BCUT2D eigenvalue weighted by molar-refractivity contribution is 0.408. The molecule has 2 N–H and O–H groups in total. The lowest BCUT2D eigenvalue weighted by Gasteiger charge is -2.27. The molecule has 0 aliphatic carbocycles. The number of pyridine rings is 1. The molecule has 112 valence electrons. The topological polar surface area (TPSA) is 51.4 Å². The molecule has 0 bridgehead atoms. The van der Waals surface area contributed by atoms with E-state index in [1.165, 1.54) is 0 Å². The Morgan fingerprint density at radius 2 is 2.10 bits per heavy atom. The molecule has 0 fully saturated rings. The predicted molar refractivity (Wildman–Crippen MR) is 88.2 cm³/mol. The molecule has 1 aromatic heterocycles. The summed E-state index contributed by atoms with van der Waals surface area (Å²) < 4.78 is 5.39. The Balaban J connectivity index is 2.17. The minimum Gasteiger partial charge on any atom is -0.496 e. The number of aromatic nitrogens is 1. The summed E-state index contributed by atoms with van der Waals surface area (Å²) in [6.45, 7) is 2.13. The molecule has 21 heavy (non-hydrogen) atoms. The summed E-state index contributed by atoms with van der Waals surface area (Å²) >= 11 is 5.89. The van der Waals surface area contributed by atoms with Crippen LogP contribution in [-0.4, -0.2) is 25.2 Å². The molecule has 1 heterocycles. The molecular formula is C16H20ClN3O. The maximum absolute atomic E-state index is 6.00. The van der Waals surface area contributed by atoms with E-state index >= 15 is 0 Å². The van der Waals surface area contributed by atoms with Crippen molar-refractivity contribution >= 4 is 23.1 Å². The molecule has 0 amide bonds.